The Morgan fingerprint density at radius 3 is 2.96 bits per heavy atom. The van der Waals surface area contributed by atoms with Gasteiger partial charge in [-0.15, -0.1) is 0 Å². The molecule has 0 unspecified atom stereocenters. The van der Waals surface area contributed by atoms with Gasteiger partial charge >= 0.3 is 0 Å². The van der Waals surface area contributed by atoms with Crippen LogP contribution in [0.5, 0.6) is 5.75 Å². The topological polar surface area (TPSA) is 42.4 Å². The third kappa shape index (κ3) is 3.25. The number of thioether (sulfide) groups is 1. The van der Waals surface area contributed by atoms with Gasteiger partial charge in [-0.1, -0.05) is 47.2 Å². The molecule has 4 rings (SSSR count). The molecule has 3 heterocycles. The first-order valence-electron chi connectivity index (χ1n) is 7.53. The molecule has 1 aromatic carbocycles. The Bertz CT molecular complexity index is 990. The van der Waals surface area contributed by atoms with Crippen LogP contribution >= 0.6 is 47.2 Å². The molecule has 4 nitrogen and oxygen atoms in total. The van der Waals surface area contributed by atoms with Crippen LogP contribution in [-0.4, -0.2) is 21.8 Å². The normalized spacial score (nSPS) is 18.0. The lowest BCUT2D eigenvalue weighted by atomic mass is 10.1. The van der Waals surface area contributed by atoms with Crippen molar-refractivity contribution in [3.05, 3.63) is 68.8 Å². The molecule has 2 aliphatic rings. The third-order valence-corrected chi connectivity index (χ3v) is 5.58. The molecule has 2 aliphatic heterocycles. The monoisotopic (exact) mass is 420 g/mol. The van der Waals surface area contributed by atoms with E-state index in [2.05, 4.69) is 4.98 Å². The SMILES string of the molecule is O=C1C(=CC2=Cc3cc(Cl)cc(Cl)c3OC2)SC(=S)N1c1cccnc1. The molecule has 1 amide bonds. The summed E-state index contributed by atoms with van der Waals surface area (Å²) in [6.45, 7) is 0.311. The maximum absolute atomic E-state index is 12.8. The molecule has 0 N–H and O–H groups in total. The van der Waals surface area contributed by atoms with Crippen LogP contribution in [-0.2, 0) is 4.79 Å². The highest BCUT2D eigenvalue weighted by atomic mass is 35.5. The molecule has 26 heavy (non-hydrogen) atoms. The zero-order valence-electron chi connectivity index (χ0n) is 13.1. The van der Waals surface area contributed by atoms with E-state index in [-0.39, 0.29) is 5.91 Å². The lowest BCUT2D eigenvalue weighted by Crippen LogP contribution is -2.27. The number of benzene rings is 1. The van der Waals surface area contributed by atoms with Crippen LogP contribution in [0.4, 0.5) is 5.69 Å². The predicted octanol–water partition coefficient (Wildman–Crippen LogP) is 5.11. The number of carbonyl (C=O) groups excluding carboxylic acids is 1. The number of halogens is 2. The lowest BCUT2D eigenvalue weighted by molar-refractivity contribution is -0.113. The molecule has 1 aromatic heterocycles. The number of amides is 1. The average molecular weight is 421 g/mol. The molecule has 0 saturated carbocycles. The third-order valence-electron chi connectivity index (χ3n) is 3.78. The van der Waals surface area contributed by atoms with Crippen LogP contribution in [0.25, 0.3) is 6.08 Å². The van der Waals surface area contributed by atoms with E-state index >= 15 is 0 Å². The second kappa shape index (κ2) is 7.04. The Morgan fingerprint density at radius 1 is 1.35 bits per heavy atom. The standard InChI is InChI=1S/C18H10Cl2N2O2S2/c19-12-6-11-4-10(9-24-16(11)14(20)7-12)5-15-17(23)22(18(25)26-15)13-2-1-3-21-8-13/h1-8H,9H2. The first-order chi connectivity index (χ1) is 12.5. The fourth-order valence-corrected chi connectivity index (χ4v) is 4.54. The molecule has 0 aliphatic carbocycles. The van der Waals surface area contributed by atoms with Gasteiger partial charge in [0.1, 0.15) is 12.4 Å². The van der Waals surface area contributed by atoms with Crippen LogP contribution in [0.15, 0.2) is 53.2 Å². The number of fused-ring (bicyclic) bond motifs is 1. The van der Waals surface area contributed by atoms with Gasteiger partial charge in [-0.05, 0) is 42.0 Å². The predicted molar refractivity (Wildman–Crippen MR) is 110 cm³/mol. The van der Waals surface area contributed by atoms with Gasteiger partial charge in [0, 0.05) is 16.8 Å². The summed E-state index contributed by atoms with van der Waals surface area (Å²) >= 11 is 18.8. The van der Waals surface area contributed by atoms with Crippen LogP contribution in [0.2, 0.25) is 10.0 Å². The number of nitrogens with zero attached hydrogens (tertiary/aromatic N) is 2. The quantitative estimate of drug-likeness (QED) is 0.498. The van der Waals surface area contributed by atoms with Crippen molar-refractivity contribution in [3.8, 4) is 5.75 Å². The van der Waals surface area contributed by atoms with Gasteiger partial charge in [-0.25, -0.2) is 0 Å². The van der Waals surface area contributed by atoms with Gasteiger partial charge in [0.2, 0.25) is 0 Å². The highest BCUT2D eigenvalue weighted by molar-refractivity contribution is 8.27. The van der Waals surface area contributed by atoms with Crippen molar-refractivity contribution in [1.29, 1.82) is 0 Å². The number of hydrogen-bond donors (Lipinski definition) is 0. The van der Waals surface area contributed by atoms with E-state index in [0.29, 0.717) is 37.3 Å². The molecule has 2 aromatic rings. The number of ether oxygens (including phenoxy) is 1. The first kappa shape index (κ1) is 17.5. The summed E-state index contributed by atoms with van der Waals surface area (Å²) < 4.78 is 6.20. The van der Waals surface area contributed by atoms with Crippen molar-refractivity contribution >= 4 is 69.2 Å². The van der Waals surface area contributed by atoms with Gasteiger partial charge in [0.05, 0.1) is 21.8 Å². The Balaban J connectivity index is 1.66. The fourth-order valence-electron chi connectivity index (χ4n) is 2.66. The minimum atomic E-state index is -0.177. The van der Waals surface area contributed by atoms with E-state index in [1.54, 1.807) is 42.7 Å². The molecular formula is C18H10Cl2N2O2S2. The van der Waals surface area contributed by atoms with Gasteiger partial charge in [-0.2, -0.15) is 0 Å². The molecule has 0 bridgehead atoms. The molecule has 1 saturated heterocycles. The molecular weight excluding hydrogens is 411 g/mol. The zero-order valence-corrected chi connectivity index (χ0v) is 16.3. The number of thiocarbonyl (C=S) groups is 1. The second-order valence-electron chi connectivity index (χ2n) is 5.54. The van der Waals surface area contributed by atoms with Gasteiger partial charge < -0.3 is 4.74 Å². The van der Waals surface area contributed by atoms with Crippen molar-refractivity contribution in [2.24, 2.45) is 0 Å². The molecule has 1 fully saturated rings. The van der Waals surface area contributed by atoms with E-state index in [0.717, 1.165) is 11.1 Å². The highest BCUT2D eigenvalue weighted by Crippen LogP contribution is 2.39. The second-order valence-corrected chi connectivity index (χ2v) is 8.06. The number of pyridine rings is 1. The summed E-state index contributed by atoms with van der Waals surface area (Å²) in [5.74, 6) is 0.417. The Labute approximate surface area is 169 Å². The van der Waals surface area contributed by atoms with Gasteiger partial charge in [0.15, 0.2) is 4.32 Å². The van der Waals surface area contributed by atoms with Crippen molar-refractivity contribution in [2.75, 3.05) is 11.5 Å². The molecule has 0 atom stereocenters. The summed E-state index contributed by atoms with van der Waals surface area (Å²) in [6.07, 6.45) is 6.95. The van der Waals surface area contributed by atoms with Crippen molar-refractivity contribution in [3.63, 3.8) is 0 Å². The smallest absolute Gasteiger partial charge is 0.270 e. The summed E-state index contributed by atoms with van der Waals surface area (Å²) in [4.78, 5) is 18.8. The number of anilines is 1. The van der Waals surface area contributed by atoms with Crippen molar-refractivity contribution in [2.45, 2.75) is 0 Å². The van der Waals surface area contributed by atoms with Crippen LogP contribution in [0.3, 0.4) is 0 Å². The maximum Gasteiger partial charge on any atom is 0.270 e. The van der Waals surface area contributed by atoms with Crippen LogP contribution in [0.1, 0.15) is 5.56 Å². The van der Waals surface area contributed by atoms with Crippen LogP contribution in [0, 0.1) is 0 Å². The number of rotatable bonds is 2. The summed E-state index contributed by atoms with van der Waals surface area (Å²) in [5.41, 5.74) is 2.27. The van der Waals surface area contributed by atoms with Crippen molar-refractivity contribution in [1.82, 2.24) is 4.98 Å². The number of hydrogen-bond acceptors (Lipinski definition) is 5. The average Bonchev–Trinajstić information content (AvgIpc) is 2.88. The van der Waals surface area contributed by atoms with Gasteiger partial charge in [-0.3, -0.25) is 14.7 Å². The highest BCUT2D eigenvalue weighted by Gasteiger charge is 2.33. The fraction of sp³-hybridized carbons (Fsp3) is 0.0556. The summed E-state index contributed by atoms with van der Waals surface area (Å²) in [7, 11) is 0. The largest absolute Gasteiger partial charge is 0.487 e. The molecule has 130 valence electrons. The zero-order chi connectivity index (χ0) is 18.3. The summed E-state index contributed by atoms with van der Waals surface area (Å²) in [6, 6.07) is 6.97. The molecule has 0 radical (unpaired) electrons. The van der Waals surface area contributed by atoms with E-state index < -0.39 is 0 Å². The van der Waals surface area contributed by atoms with E-state index in [9.17, 15) is 4.79 Å². The lowest BCUT2D eigenvalue weighted by Gasteiger charge is -2.18. The molecule has 8 heteroatoms. The van der Waals surface area contributed by atoms with E-state index in [4.69, 9.17) is 40.2 Å². The maximum atomic E-state index is 12.8. The minimum Gasteiger partial charge on any atom is -0.487 e. The van der Waals surface area contributed by atoms with Gasteiger partial charge in [0.25, 0.3) is 5.91 Å². The Morgan fingerprint density at radius 2 is 2.19 bits per heavy atom. The Kier molecular flexibility index (Phi) is 4.75. The Hall–Kier alpha value is -1.86. The van der Waals surface area contributed by atoms with E-state index in [1.807, 2.05) is 6.08 Å². The minimum absolute atomic E-state index is 0.177. The van der Waals surface area contributed by atoms with Crippen LogP contribution < -0.4 is 9.64 Å². The number of aromatic nitrogens is 1. The first-order valence-corrected chi connectivity index (χ1v) is 9.51. The molecule has 0 spiro atoms. The number of carbonyl (C=O) groups is 1. The van der Waals surface area contributed by atoms with E-state index in [1.165, 1.54) is 16.7 Å². The summed E-state index contributed by atoms with van der Waals surface area (Å²) in [5, 5.41) is 0.989. The van der Waals surface area contributed by atoms with Crippen molar-refractivity contribution < 1.29 is 9.53 Å².